The lowest BCUT2D eigenvalue weighted by atomic mass is 9.87. The SMILES string of the molecule is CNC(=O)c1cccc(COC(=O)N(C)CC(=O)NC2CCCCC2O[C@]2(C(=O)O)C[C@H](O)[C@@H](NC(=O)Cn3cc(C4CCCCC4)nn3)C([C@H](O)[C@H](O)CNC(=O)c3cc(C)c(O)c(C)c3)O2)c1. The molecule has 22 nitrogen and oxygen atoms in total. The quantitative estimate of drug-likeness (QED) is 0.0868. The van der Waals surface area contributed by atoms with E-state index in [2.05, 4.69) is 31.6 Å². The molecule has 1 aromatic heterocycles. The van der Waals surface area contributed by atoms with Crippen molar-refractivity contribution in [1.82, 2.24) is 41.2 Å². The van der Waals surface area contributed by atoms with Crippen LogP contribution < -0.4 is 21.3 Å². The summed E-state index contributed by atoms with van der Waals surface area (Å²) in [6.07, 6.45) is -1.64. The third-order valence-corrected chi connectivity index (χ3v) is 12.9. The van der Waals surface area contributed by atoms with Crippen LogP contribution in [0, 0.1) is 13.8 Å². The number of phenols is 1. The molecule has 2 heterocycles. The van der Waals surface area contributed by atoms with Crippen molar-refractivity contribution < 1.29 is 68.5 Å². The topological polar surface area (TPSA) is 313 Å². The number of ether oxygens (including phenoxy) is 3. The van der Waals surface area contributed by atoms with Crippen LogP contribution in [0.2, 0.25) is 0 Å². The number of aliphatic hydroxyl groups excluding tert-OH is 3. The Kier molecular flexibility index (Phi) is 17.7. The maximum absolute atomic E-state index is 13.6. The lowest BCUT2D eigenvalue weighted by Gasteiger charge is -2.48. The number of nitrogens with zero attached hydrogens (tertiary/aromatic N) is 4. The van der Waals surface area contributed by atoms with Gasteiger partial charge >= 0.3 is 12.1 Å². The molecule has 2 saturated carbocycles. The third kappa shape index (κ3) is 13.3. The number of benzene rings is 2. The average Bonchev–Trinajstić information content (AvgIpc) is 3.80. The van der Waals surface area contributed by atoms with Crippen molar-refractivity contribution in [1.29, 1.82) is 0 Å². The number of aliphatic carboxylic acids is 1. The Hall–Kier alpha value is -6.20. The molecule has 6 rings (SSSR count). The second-order valence-corrected chi connectivity index (χ2v) is 18.2. The monoisotopic (exact) mass is 964 g/mol. The van der Waals surface area contributed by atoms with Gasteiger partial charge in [-0.25, -0.2) is 14.3 Å². The molecule has 22 heteroatoms. The number of aromatic nitrogens is 3. The lowest BCUT2D eigenvalue weighted by Crippen LogP contribution is -2.69. The van der Waals surface area contributed by atoms with Gasteiger partial charge in [0.15, 0.2) is 0 Å². The van der Waals surface area contributed by atoms with E-state index in [1.807, 2.05) is 0 Å². The van der Waals surface area contributed by atoms with Crippen LogP contribution in [-0.4, -0.2) is 157 Å². The normalized spacial score (nSPS) is 23.7. The van der Waals surface area contributed by atoms with E-state index in [9.17, 15) is 54.3 Å². The molecule has 9 N–H and O–H groups in total. The van der Waals surface area contributed by atoms with Gasteiger partial charge in [-0.2, -0.15) is 0 Å². The standard InChI is InChI=1S/C47H64N8O14/c1-26-17-31(18-27(2)40(26)60)44(63)49-21-35(57)41(61)42-39(51-38(59)24-55-22-33(52-53-55)29-12-6-5-7-13-29)34(56)20-47(69-42,45(64)65)68-36-16-9-8-15-32(36)50-37(58)23-54(4)46(66)67-25-28-11-10-14-30(19-28)43(62)48-3/h10-11,14,17-19,22,29,32,34-36,39,41-42,56-57,60-61H,5-9,12-13,15-16,20-21,23-25H2,1-4H3,(H,48,62)(H,49,63)(H,50,58)(H,51,59)(H,64,65)/t32?,34-,35+,36?,39+,41+,42?,47+/m0/s1. The summed E-state index contributed by atoms with van der Waals surface area (Å²) in [6.45, 7) is 1.63. The van der Waals surface area contributed by atoms with Gasteiger partial charge in [-0.15, -0.1) is 5.10 Å². The Bertz CT molecular complexity index is 2300. The van der Waals surface area contributed by atoms with Crippen LogP contribution in [0.3, 0.4) is 0 Å². The molecule has 2 aromatic carbocycles. The zero-order valence-electron chi connectivity index (χ0n) is 39.3. The summed E-state index contributed by atoms with van der Waals surface area (Å²) in [5.74, 6) is -6.50. The van der Waals surface area contributed by atoms with Crippen molar-refractivity contribution >= 4 is 35.7 Å². The van der Waals surface area contributed by atoms with Crippen molar-refractivity contribution in [3.8, 4) is 5.75 Å². The number of carbonyl (C=O) groups excluding carboxylic acids is 5. The van der Waals surface area contributed by atoms with E-state index in [-0.39, 0.29) is 42.7 Å². The van der Waals surface area contributed by atoms with E-state index in [0.717, 1.165) is 42.7 Å². The maximum atomic E-state index is 13.6. The molecule has 3 aromatic rings. The molecular formula is C47H64N8O14. The maximum Gasteiger partial charge on any atom is 0.410 e. The molecule has 8 atom stereocenters. The molecule has 3 unspecified atom stereocenters. The fraction of sp³-hybridized carbons (Fsp3) is 0.574. The van der Waals surface area contributed by atoms with Crippen LogP contribution in [0.4, 0.5) is 4.79 Å². The van der Waals surface area contributed by atoms with Gasteiger partial charge in [-0.05, 0) is 80.5 Å². The number of aromatic hydroxyl groups is 1. The Labute approximate surface area is 399 Å². The first-order valence-electron chi connectivity index (χ1n) is 23.3. The molecule has 1 saturated heterocycles. The van der Waals surface area contributed by atoms with Crippen molar-refractivity contribution in [2.45, 2.75) is 146 Å². The molecule has 0 spiro atoms. The predicted molar refractivity (Wildman–Crippen MR) is 243 cm³/mol. The Morgan fingerprint density at radius 2 is 1.62 bits per heavy atom. The number of amides is 5. The molecule has 69 heavy (non-hydrogen) atoms. The van der Waals surface area contributed by atoms with Crippen LogP contribution in [0.15, 0.2) is 42.6 Å². The Morgan fingerprint density at radius 1 is 0.928 bits per heavy atom. The molecule has 1 aliphatic heterocycles. The number of likely N-dealkylation sites (N-methyl/N-ethyl adjacent to an activating group) is 1. The summed E-state index contributed by atoms with van der Waals surface area (Å²) in [5.41, 5.74) is 2.67. The smallest absolute Gasteiger partial charge is 0.410 e. The first-order chi connectivity index (χ1) is 32.9. The first-order valence-corrected chi connectivity index (χ1v) is 23.3. The van der Waals surface area contributed by atoms with Gasteiger partial charge in [0.05, 0.1) is 36.1 Å². The molecule has 2 aliphatic carbocycles. The zero-order valence-corrected chi connectivity index (χ0v) is 39.3. The molecule has 3 aliphatic rings. The number of carboxylic acids is 1. The summed E-state index contributed by atoms with van der Waals surface area (Å²) < 4.78 is 19.1. The second kappa shape index (κ2) is 23.4. The first kappa shape index (κ1) is 52.2. The van der Waals surface area contributed by atoms with Crippen LogP contribution in [0.5, 0.6) is 5.75 Å². The molecule has 3 fully saturated rings. The van der Waals surface area contributed by atoms with Crippen LogP contribution in [-0.2, 0) is 41.7 Å². The van der Waals surface area contributed by atoms with Crippen molar-refractivity contribution in [3.63, 3.8) is 0 Å². The van der Waals surface area contributed by atoms with E-state index < -0.39 is 97.7 Å². The van der Waals surface area contributed by atoms with Crippen molar-refractivity contribution in [2.75, 3.05) is 27.2 Å². The molecule has 0 bridgehead atoms. The van der Waals surface area contributed by atoms with Gasteiger partial charge in [0, 0.05) is 50.3 Å². The number of aliphatic hydroxyl groups is 3. The minimum absolute atomic E-state index is 0.00738. The highest BCUT2D eigenvalue weighted by Gasteiger charge is 2.57. The number of nitrogens with one attached hydrogen (secondary N) is 4. The van der Waals surface area contributed by atoms with Gasteiger partial charge in [-0.1, -0.05) is 49.5 Å². The van der Waals surface area contributed by atoms with Gasteiger partial charge in [0.2, 0.25) is 11.8 Å². The number of hydrogen-bond acceptors (Lipinski definition) is 15. The largest absolute Gasteiger partial charge is 0.507 e. The summed E-state index contributed by atoms with van der Waals surface area (Å²) in [5, 5.41) is 74.6. The zero-order chi connectivity index (χ0) is 50.0. The number of carboxylic acid groups (broad SMARTS) is 1. The summed E-state index contributed by atoms with van der Waals surface area (Å²) in [7, 11) is 2.84. The highest BCUT2D eigenvalue weighted by Crippen LogP contribution is 2.37. The van der Waals surface area contributed by atoms with Gasteiger partial charge in [0.1, 0.15) is 37.7 Å². The van der Waals surface area contributed by atoms with Crippen LogP contribution in [0.25, 0.3) is 0 Å². The summed E-state index contributed by atoms with van der Waals surface area (Å²) >= 11 is 0. The number of rotatable bonds is 18. The van der Waals surface area contributed by atoms with Crippen LogP contribution >= 0.6 is 0 Å². The number of carbonyl (C=O) groups is 6. The molecule has 376 valence electrons. The average molecular weight is 965 g/mol. The third-order valence-electron chi connectivity index (χ3n) is 12.9. The van der Waals surface area contributed by atoms with Gasteiger partial charge in [-0.3, -0.25) is 19.2 Å². The van der Waals surface area contributed by atoms with E-state index in [1.165, 1.54) is 30.9 Å². The lowest BCUT2D eigenvalue weighted by molar-refractivity contribution is -0.325. The highest BCUT2D eigenvalue weighted by molar-refractivity contribution is 5.95. The second-order valence-electron chi connectivity index (χ2n) is 18.2. The fourth-order valence-electron chi connectivity index (χ4n) is 9.15. The molecular weight excluding hydrogens is 901 g/mol. The Morgan fingerprint density at radius 3 is 2.32 bits per heavy atom. The van der Waals surface area contributed by atoms with E-state index in [1.54, 1.807) is 44.3 Å². The van der Waals surface area contributed by atoms with Crippen molar-refractivity contribution in [2.24, 2.45) is 0 Å². The van der Waals surface area contributed by atoms with Gasteiger partial charge < -0.3 is 65.9 Å². The molecule has 5 amide bonds. The van der Waals surface area contributed by atoms with Crippen LogP contribution in [0.1, 0.15) is 113 Å². The van der Waals surface area contributed by atoms with Gasteiger partial charge in [0.25, 0.3) is 17.6 Å². The number of phenolic OH excluding ortho intramolecular Hbond substituents is 1. The highest BCUT2D eigenvalue weighted by atomic mass is 16.7. The number of aryl methyl sites for hydroxylation is 2. The molecule has 0 radical (unpaired) electrons. The van der Waals surface area contributed by atoms with E-state index >= 15 is 0 Å². The van der Waals surface area contributed by atoms with Crippen molar-refractivity contribution in [3.05, 3.63) is 76.1 Å². The minimum Gasteiger partial charge on any atom is -0.507 e. The minimum atomic E-state index is -2.70. The predicted octanol–water partition coefficient (Wildman–Crippen LogP) is 1.29. The summed E-state index contributed by atoms with van der Waals surface area (Å²) in [4.78, 5) is 79.4. The fourth-order valence-corrected chi connectivity index (χ4v) is 9.15. The number of hydrogen-bond donors (Lipinski definition) is 9. The summed E-state index contributed by atoms with van der Waals surface area (Å²) in [6, 6.07) is 7.01. The van der Waals surface area contributed by atoms with E-state index in [0.29, 0.717) is 41.5 Å². The Balaban J connectivity index is 1.15. The van der Waals surface area contributed by atoms with E-state index in [4.69, 9.17) is 14.2 Å².